The van der Waals surface area contributed by atoms with Crippen molar-refractivity contribution in [3.05, 3.63) is 47.0 Å². The first-order chi connectivity index (χ1) is 11.6. The average Bonchev–Trinajstić information content (AvgIpc) is 3.04. The van der Waals surface area contributed by atoms with Gasteiger partial charge in [-0.3, -0.25) is 14.9 Å². The van der Waals surface area contributed by atoms with Crippen LogP contribution in [0.2, 0.25) is 0 Å². The summed E-state index contributed by atoms with van der Waals surface area (Å²) < 4.78 is 5.68. The lowest BCUT2D eigenvalue weighted by Crippen LogP contribution is -2.33. The summed E-state index contributed by atoms with van der Waals surface area (Å²) in [6.45, 7) is 6.63. The van der Waals surface area contributed by atoms with E-state index >= 15 is 0 Å². The number of aromatic nitrogens is 3. The minimum atomic E-state index is -0.00608. The van der Waals surface area contributed by atoms with Gasteiger partial charge in [-0.05, 0) is 30.0 Å². The zero-order valence-corrected chi connectivity index (χ0v) is 14.2. The first kappa shape index (κ1) is 16.8. The summed E-state index contributed by atoms with van der Waals surface area (Å²) in [5.74, 6) is 0.535. The molecule has 3 heterocycles. The number of carbonyl (C=O) groups excluding carboxylic acids is 1. The van der Waals surface area contributed by atoms with Crippen LogP contribution in [0.25, 0.3) is 0 Å². The number of ether oxygens (including phenoxy) is 1. The molecular formula is C18H24N4O2. The van der Waals surface area contributed by atoms with E-state index in [1.165, 1.54) is 0 Å². The molecule has 1 atom stereocenters. The van der Waals surface area contributed by atoms with E-state index < -0.39 is 0 Å². The van der Waals surface area contributed by atoms with Crippen molar-refractivity contribution in [2.45, 2.75) is 32.8 Å². The van der Waals surface area contributed by atoms with Gasteiger partial charge in [0.2, 0.25) is 0 Å². The standard InChI is InChI=1S/C18H24N4O2/c1-12(2)7-14-9-16(22-21-14)17(23)8-13-3-4-15(20-10-13)18-11-19-5-6-24-18/h3-4,9-10,12,18-19H,5-8,11H2,1-2H3,(H,21,22)/t18-/m1/s1. The molecule has 1 fully saturated rings. The maximum absolute atomic E-state index is 12.4. The minimum absolute atomic E-state index is 0.00592. The molecule has 128 valence electrons. The number of aromatic amines is 1. The van der Waals surface area contributed by atoms with Crippen LogP contribution in [0.15, 0.2) is 24.4 Å². The van der Waals surface area contributed by atoms with Gasteiger partial charge in [0.1, 0.15) is 11.8 Å². The molecule has 1 aliphatic heterocycles. The van der Waals surface area contributed by atoms with Gasteiger partial charge in [-0.2, -0.15) is 5.10 Å². The highest BCUT2D eigenvalue weighted by Crippen LogP contribution is 2.17. The molecule has 2 aromatic rings. The highest BCUT2D eigenvalue weighted by molar-refractivity contribution is 5.95. The summed E-state index contributed by atoms with van der Waals surface area (Å²) in [5.41, 5.74) is 3.29. The van der Waals surface area contributed by atoms with E-state index in [2.05, 4.69) is 34.3 Å². The zero-order chi connectivity index (χ0) is 16.9. The van der Waals surface area contributed by atoms with Crippen LogP contribution in [0, 0.1) is 5.92 Å². The Labute approximate surface area is 142 Å². The summed E-state index contributed by atoms with van der Waals surface area (Å²) >= 11 is 0. The second-order valence-corrected chi connectivity index (χ2v) is 6.63. The highest BCUT2D eigenvalue weighted by atomic mass is 16.5. The van der Waals surface area contributed by atoms with Crippen molar-refractivity contribution < 1.29 is 9.53 Å². The van der Waals surface area contributed by atoms with Gasteiger partial charge >= 0.3 is 0 Å². The number of hydrogen-bond acceptors (Lipinski definition) is 5. The Balaban J connectivity index is 1.60. The number of carbonyl (C=O) groups is 1. The Bertz CT molecular complexity index is 673. The Kier molecular flexibility index (Phi) is 5.37. The first-order valence-electron chi connectivity index (χ1n) is 8.46. The van der Waals surface area contributed by atoms with Crippen LogP contribution in [0.5, 0.6) is 0 Å². The van der Waals surface area contributed by atoms with Crippen LogP contribution in [-0.4, -0.2) is 40.7 Å². The normalized spacial score (nSPS) is 18.0. The van der Waals surface area contributed by atoms with Crippen molar-refractivity contribution in [1.82, 2.24) is 20.5 Å². The largest absolute Gasteiger partial charge is 0.369 e. The van der Waals surface area contributed by atoms with Crippen molar-refractivity contribution >= 4 is 5.78 Å². The lowest BCUT2D eigenvalue weighted by Gasteiger charge is -2.23. The topological polar surface area (TPSA) is 79.9 Å². The molecule has 0 unspecified atom stereocenters. The maximum Gasteiger partial charge on any atom is 0.187 e. The molecule has 1 saturated heterocycles. The first-order valence-corrected chi connectivity index (χ1v) is 8.46. The van der Waals surface area contributed by atoms with E-state index in [1.54, 1.807) is 6.20 Å². The second kappa shape index (κ2) is 7.68. The van der Waals surface area contributed by atoms with Crippen molar-refractivity contribution in [2.24, 2.45) is 5.92 Å². The van der Waals surface area contributed by atoms with E-state index in [1.807, 2.05) is 18.2 Å². The van der Waals surface area contributed by atoms with Gasteiger partial charge in [-0.1, -0.05) is 19.9 Å². The Morgan fingerprint density at radius 1 is 1.42 bits per heavy atom. The number of hydrogen-bond donors (Lipinski definition) is 2. The fraction of sp³-hybridized carbons (Fsp3) is 0.500. The lowest BCUT2D eigenvalue weighted by atomic mass is 10.1. The second-order valence-electron chi connectivity index (χ2n) is 6.63. The highest BCUT2D eigenvalue weighted by Gasteiger charge is 2.17. The van der Waals surface area contributed by atoms with Crippen molar-refractivity contribution in [1.29, 1.82) is 0 Å². The van der Waals surface area contributed by atoms with Crippen LogP contribution in [0.1, 0.15) is 47.4 Å². The van der Waals surface area contributed by atoms with Gasteiger partial charge in [0.15, 0.2) is 5.78 Å². The molecule has 6 nitrogen and oxygen atoms in total. The predicted molar refractivity (Wildman–Crippen MR) is 91.0 cm³/mol. The number of nitrogens with zero attached hydrogens (tertiary/aromatic N) is 2. The minimum Gasteiger partial charge on any atom is -0.369 e. The van der Waals surface area contributed by atoms with E-state index in [9.17, 15) is 4.79 Å². The Morgan fingerprint density at radius 3 is 2.96 bits per heavy atom. The number of Topliss-reactive ketones (excluding diaryl/α,β-unsaturated/α-hetero) is 1. The molecule has 6 heteroatoms. The third kappa shape index (κ3) is 4.27. The van der Waals surface area contributed by atoms with Crippen LogP contribution in [0.3, 0.4) is 0 Å². The molecule has 2 aromatic heterocycles. The third-order valence-corrected chi connectivity index (χ3v) is 4.01. The molecule has 0 aliphatic carbocycles. The Morgan fingerprint density at radius 2 is 2.29 bits per heavy atom. The van der Waals surface area contributed by atoms with E-state index in [0.29, 0.717) is 24.6 Å². The number of ketones is 1. The molecule has 0 amide bonds. The van der Waals surface area contributed by atoms with Crippen molar-refractivity contribution in [3.8, 4) is 0 Å². The third-order valence-electron chi connectivity index (χ3n) is 4.01. The van der Waals surface area contributed by atoms with Gasteiger partial charge < -0.3 is 10.1 Å². The average molecular weight is 328 g/mol. The molecule has 3 rings (SSSR count). The van der Waals surface area contributed by atoms with E-state index in [0.717, 1.165) is 36.5 Å². The van der Waals surface area contributed by atoms with Gasteiger partial charge in [-0.25, -0.2) is 0 Å². The lowest BCUT2D eigenvalue weighted by molar-refractivity contribution is 0.0250. The molecule has 24 heavy (non-hydrogen) atoms. The fourth-order valence-corrected chi connectivity index (χ4v) is 2.81. The zero-order valence-electron chi connectivity index (χ0n) is 14.2. The maximum atomic E-state index is 12.4. The van der Waals surface area contributed by atoms with Gasteiger partial charge in [0.25, 0.3) is 0 Å². The molecule has 1 aliphatic rings. The van der Waals surface area contributed by atoms with E-state index in [4.69, 9.17) is 4.74 Å². The van der Waals surface area contributed by atoms with Crippen LogP contribution in [-0.2, 0) is 17.6 Å². The number of pyridine rings is 1. The van der Waals surface area contributed by atoms with Crippen LogP contribution in [0.4, 0.5) is 0 Å². The molecule has 2 N–H and O–H groups in total. The molecule has 0 radical (unpaired) electrons. The molecule has 0 aromatic carbocycles. The summed E-state index contributed by atoms with van der Waals surface area (Å²) in [6, 6.07) is 5.74. The number of nitrogens with one attached hydrogen (secondary N) is 2. The molecular weight excluding hydrogens is 304 g/mol. The molecule has 0 spiro atoms. The van der Waals surface area contributed by atoms with Crippen LogP contribution >= 0.6 is 0 Å². The SMILES string of the molecule is CC(C)Cc1cc(C(=O)Cc2ccc([C@H]3CNCCO3)nc2)n[nH]1. The predicted octanol–water partition coefficient (Wildman–Crippen LogP) is 2.09. The fourth-order valence-electron chi connectivity index (χ4n) is 2.81. The summed E-state index contributed by atoms with van der Waals surface area (Å²) in [6.07, 6.45) is 2.95. The van der Waals surface area contributed by atoms with Gasteiger partial charge in [-0.15, -0.1) is 0 Å². The van der Waals surface area contributed by atoms with Gasteiger partial charge in [0, 0.05) is 31.4 Å². The van der Waals surface area contributed by atoms with E-state index in [-0.39, 0.29) is 11.9 Å². The van der Waals surface area contributed by atoms with Crippen LogP contribution < -0.4 is 5.32 Å². The van der Waals surface area contributed by atoms with Gasteiger partial charge in [0.05, 0.1) is 12.3 Å². The van der Waals surface area contributed by atoms with Crippen molar-refractivity contribution in [3.63, 3.8) is 0 Å². The summed E-state index contributed by atoms with van der Waals surface area (Å²) in [4.78, 5) is 16.8. The summed E-state index contributed by atoms with van der Waals surface area (Å²) in [5, 5.41) is 10.4. The number of H-pyrrole nitrogens is 1. The monoisotopic (exact) mass is 328 g/mol. The van der Waals surface area contributed by atoms with Crippen molar-refractivity contribution in [2.75, 3.05) is 19.7 Å². The quantitative estimate of drug-likeness (QED) is 0.794. The summed E-state index contributed by atoms with van der Waals surface area (Å²) in [7, 11) is 0. The smallest absolute Gasteiger partial charge is 0.187 e. The number of rotatable bonds is 6. The molecule has 0 saturated carbocycles. The Hall–Kier alpha value is -2.05. The molecule has 0 bridgehead atoms. The number of morpholine rings is 1.